The molecule has 5 heteroatoms. The van der Waals surface area contributed by atoms with E-state index in [1.165, 1.54) is 43.5 Å². The van der Waals surface area contributed by atoms with E-state index in [-0.39, 0.29) is 6.17 Å². The maximum atomic E-state index is 5.38. The van der Waals surface area contributed by atoms with E-state index in [1.54, 1.807) is 11.3 Å². The van der Waals surface area contributed by atoms with Crippen LogP contribution in [0.4, 0.5) is 0 Å². The number of nitrogens with zero attached hydrogens (tertiary/aromatic N) is 3. The van der Waals surface area contributed by atoms with E-state index in [0.29, 0.717) is 5.84 Å². The number of benzene rings is 8. The number of amidine groups is 2. The molecule has 1 atom stereocenters. The summed E-state index contributed by atoms with van der Waals surface area (Å²) in [5.74, 6) is 1.47. The Morgan fingerprint density at radius 1 is 0.484 bits per heavy atom. The smallest absolute Gasteiger partial charge is 0.159 e. The average Bonchev–Trinajstić information content (AvgIpc) is 3.89. The Morgan fingerprint density at radius 3 is 1.84 bits per heavy atom. The van der Waals surface area contributed by atoms with Crippen LogP contribution in [-0.2, 0) is 5.41 Å². The molecule has 8 aromatic carbocycles. The number of pyridine rings is 1. The monoisotopic (exact) mass is 810 g/mol. The summed E-state index contributed by atoms with van der Waals surface area (Å²) in [6.45, 7) is 0. The van der Waals surface area contributed by atoms with E-state index in [2.05, 4.69) is 206 Å². The van der Waals surface area contributed by atoms with Crippen LogP contribution in [0.5, 0.6) is 0 Å². The molecule has 0 spiro atoms. The molecule has 292 valence electrons. The summed E-state index contributed by atoms with van der Waals surface area (Å²) in [5.41, 5.74) is 15.5. The van der Waals surface area contributed by atoms with Crippen LogP contribution in [0.2, 0.25) is 0 Å². The number of hydrogen-bond donors (Lipinski definition) is 1. The maximum absolute atomic E-state index is 5.38. The molecule has 1 unspecified atom stereocenters. The van der Waals surface area contributed by atoms with Gasteiger partial charge in [-0.15, -0.1) is 11.3 Å². The fraction of sp³-hybridized carbons (Fsp3) is 0.0351. The number of thiophene rings is 1. The standard InChI is InChI=1S/C57H38N4S/c1-5-18-37(19-6-1)54-59-55(38-20-7-2-8-21-38)61-56(60-54)41-35-39(34-40(36-41)45-32-33-58-52-47-27-14-16-31-50(47)62-53(45)52)44-28-17-30-49-51(44)46-26-13-15-29-48(46)57(49,42-22-9-3-10-23-42)43-24-11-4-12-25-43/h1-36,54H,(H,59,60,61). The van der Waals surface area contributed by atoms with Gasteiger partial charge in [-0.25, -0.2) is 9.98 Å². The highest BCUT2D eigenvalue weighted by Crippen LogP contribution is 2.58. The number of nitrogens with one attached hydrogen (secondary N) is 1. The van der Waals surface area contributed by atoms with Gasteiger partial charge >= 0.3 is 0 Å². The van der Waals surface area contributed by atoms with Gasteiger partial charge in [-0.3, -0.25) is 4.98 Å². The topological polar surface area (TPSA) is 49.6 Å². The summed E-state index contributed by atoms with van der Waals surface area (Å²) in [4.78, 5) is 15.6. The lowest BCUT2D eigenvalue weighted by Gasteiger charge is -2.34. The largest absolute Gasteiger partial charge is 0.344 e. The average molecular weight is 811 g/mol. The Hall–Kier alpha value is -7.73. The molecule has 1 N–H and O–H groups in total. The van der Waals surface area contributed by atoms with Crippen molar-refractivity contribution in [2.24, 2.45) is 9.98 Å². The van der Waals surface area contributed by atoms with E-state index in [9.17, 15) is 0 Å². The SMILES string of the molecule is c1ccc(C2=NC(c3cc(-c4cccc5c4-c4ccccc4C5(c4ccccc4)c4ccccc4)cc(-c4ccnc5c4sc4ccccc45)c3)=NC(c3ccccc3)N2)cc1. The lowest BCUT2D eigenvalue weighted by atomic mass is 9.67. The molecule has 2 aromatic heterocycles. The summed E-state index contributed by atoms with van der Waals surface area (Å²) in [6, 6.07) is 76.3. The molecule has 0 fully saturated rings. The minimum Gasteiger partial charge on any atom is -0.344 e. The van der Waals surface area contributed by atoms with E-state index >= 15 is 0 Å². The third kappa shape index (κ3) is 5.77. The zero-order valence-corrected chi connectivity index (χ0v) is 34.4. The van der Waals surface area contributed by atoms with Gasteiger partial charge in [0.2, 0.25) is 0 Å². The quantitative estimate of drug-likeness (QED) is 0.174. The Kier molecular flexibility index (Phi) is 8.61. The Morgan fingerprint density at radius 2 is 1.08 bits per heavy atom. The van der Waals surface area contributed by atoms with Crippen molar-refractivity contribution in [3.05, 3.63) is 257 Å². The van der Waals surface area contributed by atoms with Crippen molar-refractivity contribution in [1.82, 2.24) is 10.3 Å². The van der Waals surface area contributed by atoms with Crippen LogP contribution in [0.1, 0.15) is 45.1 Å². The molecular formula is C57H38N4S. The van der Waals surface area contributed by atoms with Crippen molar-refractivity contribution in [2.75, 3.05) is 0 Å². The summed E-state index contributed by atoms with van der Waals surface area (Å²) >= 11 is 1.80. The zero-order valence-electron chi connectivity index (χ0n) is 33.6. The van der Waals surface area contributed by atoms with Crippen LogP contribution in [0.3, 0.4) is 0 Å². The Labute approximate surface area is 364 Å². The van der Waals surface area contributed by atoms with Crippen LogP contribution in [0.15, 0.2) is 229 Å². The third-order valence-corrected chi connectivity index (χ3v) is 13.7. The minimum atomic E-state index is -0.518. The highest BCUT2D eigenvalue weighted by atomic mass is 32.1. The molecular weight excluding hydrogens is 773 g/mol. The van der Waals surface area contributed by atoms with Crippen molar-refractivity contribution in [1.29, 1.82) is 0 Å². The molecule has 4 nitrogen and oxygen atoms in total. The summed E-state index contributed by atoms with van der Waals surface area (Å²) < 4.78 is 2.38. The Balaban J connectivity index is 1.14. The third-order valence-electron chi connectivity index (χ3n) is 12.5. The number of aliphatic imine (C=N–C) groups is 2. The number of hydrogen-bond acceptors (Lipinski definition) is 5. The first-order chi connectivity index (χ1) is 30.7. The van der Waals surface area contributed by atoms with Crippen LogP contribution in [0, 0.1) is 0 Å². The molecule has 2 aliphatic rings. The maximum Gasteiger partial charge on any atom is 0.159 e. The second-order valence-electron chi connectivity index (χ2n) is 15.9. The molecule has 12 rings (SSSR count). The first-order valence-electron chi connectivity index (χ1n) is 21.0. The first kappa shape index (κ1) is 36.1. The summed E-state index contributed by atoms with van der Waals surface area (Å²) in [7, 11) is 0. The van der Waals surface area contributed by atoms with Crippen molar-refractivity contribution >= 4 is 43.3 Å². The van der Waals surface area contributed by atoms with E-state index in [0.717, 1.165) is 55.0 Å². The van der Waals surface area contributed by atoms with Gasteiger partial charge in [0.1, 0.15) is 12.0 Å². The lowest BCUT2D eigenvalue weighted by molar-refractivity contribution is 0.674. The number of fused-ring (bicyclic) bond motifs is 6. The van der Waals surface area contributed by atoms with Gasteiger partial charge in [-0.1, -0.05) is 182 Å². The van der Waals surface area contributed by atoms with Crippen molar-refractivity contribution < 1.29 is 0 Å². The first-order valence-corrected chi connectivity index (χ1v) is 21.9. The number of rotatable bonds is 7. The molecule has 62 heavy (non-hydrogen) atoms. The van der Waals surface area contributed by atoms with Gasteiger partial charge < -0.3 is 5.32 Å². The molecule has 10 aromatic rings. The van der Waals surface area contributed by atoms with Gasteiger partial charge in [-0.2, -0.15) is 0 Å². The van der Waals surface area contributed by atoms with Crippen molar-refractivity contribution in [3.8, 4) is 33.4 Å². The summed E-state index contributed by atoms with van der Waals surface area (Å²) in [6.07, 6.45) is 1.62. The van der Waals surface area contributed by atoms with E-state index in [1.807, 2.05) is 18.3 Å². The molecule has 1 aliphatic carbocycles. The minimum absolute atomic E-state index is 0.327. The van der Waals surface area contributed by atoms with Crippen molar-refractivity contribution in [2.45, 2.75) is 11.6 Å². The predicted octanol–water partition coefficient (Wildman–Crippen LogP) is 13.6. The normalized spacial score (nSPS) is 15.1. The molecule has 3 heterocycles. The fourth-order valence-electron chi connectivity index (χ4n) is 9.76. The highest BCUT2D eigenvalue weighted by Gasteiger charge is 2.46. The van der Waals surface area contributed by atoms with Gasteiger partial charge in [-0.05, 0) is 86.0 Å². The molecule has 0 radical (unpaired) electrons. The molecule has 0 amide bonds. The molecule has 0 saturated heterocycles. The number of aromatic nitrogens is 1. The Bertz CT molecular complexity index is 3330. The van der Waals surface area contributed by atoms with Crippen LogP contribution >= 0.6 is 11.3 Å². The second-order valence-corrected chi connectivity index (χ2v) is 17.0. The van der Waals surface area contributed by atoms with Gasteiger partial charge in [0.25, 0.3) is 0 Å². The van der Waals surface area contributed by atoms with Crippen LogP contribution in [0.25, 0.3) is 53.7 Å². The van der Waals surface area contributed by atoms with E-state index in [4.69, 9.17) is 15.0 Å². The molecule has 1 aliphatic heterocycles. The highest BCUT2D eigenvalue weighted by molar-refractivity contribution is 7.26. The zero-order chi connectivity index (χ0) is 41.0. The van der Waals surface area contributed by atoms with Crippen molar-refractivity contribution in [3.63, 3.8) is 0 Å². The molecule has 0 bridgehead atoms. The summed E-state index contributed by atoms with van der Waals surface area (Å²) in [5, 5.41) is 4.83. The predicted molar refractivity (Wildman–Crippen MR) is 257 cm³/mol. The van der Waals surface area contributed by atoms with E-state index < -0.39 is 5.41 Å². The van der Waals surface area contributed by atoms with Crippen LogP contribution in [-0.4, -0.2) is 16.7 Å². The second kappa shape index (κ2) is 14.8. The van der Waals surface area contributed by atoms with Gasteiger partial charge in [0.15, 0.2) is 5.84 Å². The molecule has 0 saturated carbocycles. The fourth-order valence-corrected chi connectivity index (χ4v) is 11.0. The van der Waals surface area contributed by atoms with Gasteiger partial charge in [0, 0.05) is 33.0 Å². The van der Waals surface area contributed by atoms with Gasteiger partial charge in [0.05, 0.1) is 15.6 Å². The van der Waals surface area contributed by atoms with Crippen LogP contribution < -0.4 is 5.32 Å². The lowest BCUT2D eigenvalue weighted by Crippen LogP contribution is -2.33.